The van der Waals surface area contributed by atoms with Crippen LogP contribution in [-0.2, 0) is 4.79 Å². The van der Waals surface area contributed by atoms with Crippen molar-refractivity contribution >= 4 is 11.8 Å². The van der Waals surface area contributed by atoms with E-state index in [1.165, 1.54) is 0 Å². The summed E-state index contributed by atoms with van der Waals surface area (Å²) in [6.07, 6.45) is 3.21. The van der Waals surface area contributed by atoms with Gasteiger partial charge in [0.25, 0.3) is 5.91 Å². The van der Waals surface area contributed by atoms with Gasteiger partial charge in [0.15, 0.2) is 0 Å². The monoisotopic (exact) mass is 452 g/mol. The van der Waals surface area contributed by atoms with Crippen molar-refractivity contribution in [3.63, 3.8) is 0 Å². The molecule has 2 fully saturated rings. The molecule has 7 nitrogen and oxygen atoms in total. The predicted octanol–water partition coefficient (Wildman–Crippen LogP) is 3.58. The lowest BCUT2D eigenvalue weighted by molar-refractivity contribution is -0.136. The molecule has 176 valence electrons. The maximum atomic E-state index is 13.6. The van der Waals surface area contributed by atoms with Crippen LogP contribution in [0.25, 0.3) is 0 Å². The van der Waals surface area contributed by atoms with E-state index >= 15 is 0 Å². The number of ether oxygens (including phenoxy) is 3. The average molecular weight is 453 g/mol. The van der Waals surface area contributed by atoms with Gasteiger partial charge in [-0.05, 0) is 61.7 Å². The minimum absolute atomic E-state index is 0.0848. The third kappa shape index (κ3) is 4.77. The minimum Gasteiger partial charge on any atom is -0.497 e. The van der Waals surface area contributed by atoms with Crippen molar-refractivity contribution in [1.29, 1.82) is 0 Å². The number of nitrogens with zero attached hydrogens (tertiary/aromatic N) is 2. The first kappa shape index (κ1) is 23.0. The van der Waals surface area contributed by atoms with Crippen LogP contribution in [-0.4, -0.2) is 69.1 Å². The summed E-state index contributed by atoms with van der Waals surface area (Å²) < 4.78 is 16.3. The van der Waals surface area contributed by atoms with Crippen molar-refractivity contribution in [2.75, 3.05) is 47.5 Å². The Hall–Kier alpha value is -3.22. The van der Waals surface area contributed by atoms with Crippen LogP contribution in [0.15, 0.2) is 42.5 Å². The van der Waals surface area contributed by atoms with Crippen molar-refractivity contribution in [3.05, 3.63) is 53.6 Å². The minimum atomic E-state index is -0.327. The smallest absolute Gasteiger partial charge is 0.253 e. The molecule has 2 aromatic rings. The van der Waals surface area contributed by atoms with E-state index in [0.29, 0.717) is 35.9 Å². The lowest BCUT2D eigenvalue weighted by Gasteiger charge is -2.31. The number of methoxy groups -OCH3 is 3. The zero-order valence-electron chi connectivity index (χ0n) is 19.6. The van der Waals surface area contributed by atoms with Gasteiger partial charge in [0, 0.05) is 43.2 Å². The molecule has 2 aliphatic rings. The zero-order chi connectivity index (χ0) is 23.4. The van der Waals surface area contributed by atoms with Gasteiger partial charge in [-0.2, -0.15) is 0 Å². The van der Waals surface area contributed by atoms with Gasteiger partial charge in [-0.15, -0.1) is 0 Å². The number of likely N-dealkylation sites (tertiary alicyclic amines) is 2. The van der Waals surface area contributed by atoms with Crippen molar-refractivity contribution in [3.8, 4) is 17.2 Å². The molecule has 0 spiro atoms. The Bertz CT molecular complexity index is 985. The molecule has 7 heteroatoms. The molecule has 0 N–H and O–H groups in total. The topological polar surface area (TPSA) is 68.3 Å². The molecule has 0 aromatic heterocycles. The first-order valence-corrected chi connectivity index (χ1v) is 11.5. The molecule has 2 heterocycles. The summed E-state index contributed by atoms with van der Waals surface area (Å²) in [5, 5.41) is 0. The number of amides is 2. The third-order valence-corrected chi connectivity index (χ3v) is 6.77. The Labute approximate surface area is 195 Å². The summed E-state index contributed by atoms with van der Waals surface area (Å²) >= 11 is 0. The molecular formula is C26H32N2O5. The van der Waals surface area contributed by atoms with Crippen LogP contribution >= 0.6 is 0 Å². The summed E-state index contributed by atoms with van der Waals surface area (Å²) in [6, 6.07) is 12.7. The molecule has 2 unspecified atom stereocenters. The zero-order valence-corrected chi connectivity index (χ0v) is 19.6. The Morgan fingerprint density at radius 3 is 2.09 bits per heavy atom. The van der Waals surface area contributed by atoms with E-state index in [2.05, 4.69) is 0 Å². The van der Waals surface area contributed by atoms with Crippen LogP contribution in [0.4, 0.5) is 0 Å². The standard InChI is InChI=1S/C26H32N2O5/c1-31-19-9-7-18(8-10-19)25(29)28-16-22(21-15-20(32-2)11-12-24(21)33-3)23(17-28)26(30)27-13-5-4-6-14-27/h7-12,15,22-23H,4-6,13-14,16-17H2,1-3H3. The van der Waals surface area contributed by atoms with Crippen LogP contribution in [0.3, 0.4) is 0 Å². The van der Waals surface area contributed by atoms with Gasteiger partial charge in [-0.25, -0.2) is 0 Å². The summed E-state index contributed by atoms with van der Waals surface area (Å²) in [4.78, 5) is 30.7. The molecular weight excluding hydrogens is 420 g/mol. The van der Waals surface area contributed by atoms with Gasteiger partial charge in [-0.1, -0.05) is 0 Å². The Balaban J connectivity index is 1.66. The van der Waals surface area contributed by atoms with Crippen LogP contribution in [0.2, 0.25) is 0 Å². The third-order valence-electron chi connectivity index (χ3n) is 6.77. The van der Waals surface area contributed by atoms with Gasteiger partial charge < -0.3 is 24.0 Å². The first-order chi connectivity index (χ1) is 16.0. The normalized spacial score (nSPS) is 20.5. The highest BCUT2D eigenvalue weighted by atomic mass is 16.5. The molecule has 4 rings (SSSR count). The van der Waals surface area contributed by atoms with Crippen LogP contribution in [0, 0.1) is 5.92 Å². The quantitative estimate of drug-likeness (QED) is 0.670. The van der Waals surface area contributed by atoms with Gasteiger partial charge in [0.2, 0.25) is 5.91 Å². The Kier molecular flexibility index (Phi) is 7.06. The lowest BCUT2D eigenvalue weighted by Crippen LogP contribution is -2.42. The van der Waals surface area contributed by atoms with Gasteiger partial charge >= 0.3 is 0 Å². The fourth-order valence-corrected chi connectivity index (χ4v) is 4.93. The molecule has 2 atom stereocenters. The highest BCUT2D eigenvalue weighted by molar-refractivity contribution is 5.95. The summed E-state index contributed by atoms with van der Waals surface area (Å²) in [6.45, 7) is 2.39. The highest BCUT2D eigenvalue weighted by Crippen LogP contribution is 2.41. The number of hydrogen-bond donors (Lipinski definition) is 0. The highest BCUT2D eigenvalue weighted by Gasteiger charge is 2.43. The van der Waals surface area contributed by atoms with Crippen LogP contribution in [0.5, 0.6) is 17.2 Å². The van der Waals surface area contributed by atoms with Crippen LogP contribution in [0.1, 0.15) is 41.1 Å². The number of carbonyl (C=O) groups excluding carboxylic acids is 2. The van der Waals surface area contributed by atoms with Gasteiger partial charge in [0.05, 0.1) is 27.2 Å². The molecule has 2 aromatic carbocycles. The first-order valence-electron chi connectivity index (χ1n) is 11.5. The molecule has 2 saturated heterocycles. The number of rotatable bonds is 6. The fourth-order valence-electron chi connectivity index (χ4n) is 4.93. The van der Waals surface area contributed by atoms with E-state index in [0.717, 1.165) is 37.9 Å². The lowest BCUT2D eigenvalue weighted by atomic mass is 9.86. The number of piperidine rings is 1. The molecule has 33 heavy (non-hydrogen) atoms. The molecule has 2 aliphatic heterocycles. The van der Waals surface area contributed by atoms with Gasteiger partial charge in [-0.3, -0.25) is 9.59 Å². The van der Waals surface area contributed by atoms with Gasteiger partial charge in [0.1, 0.15) is 17.2 Å². The molecule has 0 bridgehead atoms. The van der Waals surface area contributed by atoms with E-state index in [1.54, 1.807) is 50.5 Å². The average Bonchev–Trinajstić information content (AvgIpc) is 3.33. The van der Waals surface area contributed by atoms with Crippen molar-refractivity contribution in [2.45, 2.75) is 25.2 Å². The SMILES string of the molecule is COc1ccc(C(=O)N2CC(C(=O)N3CCCCC3)C(c3cc(OC)ccc3OC)C2)cc1. The second kappa shape index (κ2) is 10.1. The number of benzene rings is 2. The molecule has 0 saturated carbocycles. The van der Waals surface area contributed by atoms with Crippen molar-refractivity contribution < 1.29 is 23.8 Å². The maximum absolute atomic E-state index is 13.6. The van der Waals surface area contributed by atoms with E-state index in [1.807, 2.05) is 23.1 Å². The maximum Gasteiger partial charge on any atom is 0.253 e. The summed E-state index contributed by atoms with van der Waals surface area (Å²) in [5.41, 5.74) is 1.48. The second-order valence-electron chi connectivity index (χ2n) is 8.65. The largest absolute Gasteiger partial charge is 0.497 e. The summed E-state index contributed by atoms with van der Waals surface area (Å²) in [7, 11) is 4.85. The van der Waals surface area contributed by atoms with E-state index in [-0.39, 0.29) is 23.7 Å². The Morgan fingerprint density at radius 1 is 0.788 bits per heavy atom. The van der Waals surface area contributed by atoms with E-state index in [4.69, 9.17) is 14.2 Å². The number of carbonyl (C=O) groups is 2. The molecule has 2 amide bonds. The van der Waals surface area contributed by atoms with Crippen molar-refractivity contribution in [1.82, 2.24) is 9.80 Å². The second-order valence-corrected chi connectivity index (χ2v) is 8.65. The van der Waals surface area contributed by atoms with E-state index in [9.17, 15) is 9.59 Å². The predicted molar refractivity (Wildman–Crippen MR) is 125 cm³/mol. The fraction of sp³-hybridized carbons (Fsp3) is 0.462. The van der Waals surface area contributed by atoms with E-state index < -0.39 is 0 Å². The van der Waals surface area contributed by atoms with Crippen LogP contribution < -0.4 is 14.2 Å². The Morgan fingerprint density at radius 2 is 1.45 bits per heavy atom. The summed E-state index contributed by atoms with van der Waals surface area (Å²) in [5.74, 6) is 1.64. The number of hydrogen-bond acceptors (Lipinski definition) is 5. The molecule has 0 radical (unpaired) electrons. The van der Waals surface area contributed by atoms with Crippen molar-refractivity contribution in [2.24, 2.45) is 5.92 Å². The molecule has 0 aliphatic carbocycles.